The summed E-state index contributed by atoms with van der Waals surface area (Å²) in [7, 11) is 0. The first kappa shape index (κ1) is 17.8. The normalized spacial score (nSPS) is 18.1. The van der Waals surface area contributed by atoms with Crippen molar-refractivity contribution in [2.45, 2.75) is 32.3 Å². The third-order valence-corrected chi connectivity index (χ3v) is 7.19. The minimum atomic E-state index is -0.434. The molecule has 1 N–H and O–H groups in total. The van der Waals surface area contributed by atoms with Gasteiger partial charge in [-0.05, 0) is 61.0 Å². The lowest BCUT2D eigenvalue weighted by atomic mass is 9.94. The quantitative estimate of drug-likeness (QED) is 0.709. The summed E-state index contributed by atoms with van der Waals surface area (Å²) in [6.07, 6.45) is 5.78. The first-order valence-electron chi connectivity index (χ1n) is 9.27. The number of nitrogens with zero attached hydrogens (tertiary/aromatic N) is 3. The van der Waals surface area contributed by atoms with E-state index >= 15 is 0 Å². The first-order valence-corrected chi connectivity index (χ1v) is 10.9. The minimum Gasteiger partial charge on any atom is -0.444 e. The van der Waals surface area contributed by atoms with Gasteiger partial charge in [-0.15, -0.1) is 11.3 Å². The van der Waals surface area contributed by atoms with Crippen LogP contribution >= 0.6 is 22.9 Å². The monoisotopic (exact) mass is 413 g/mol. The average molecular weight is 414 g/mol. The van der Waals surface area contributed by atoms with E-state index in [0.29, 0.717) is 31.0 Å². The van der Waals surface area contributed by atoms with Gasteiger partial charge in [-0.2, -0.15) is 0 Å². The van der Waals surface area contributed by atoms with Crippen LogP contribution in [0.3, 0.4) is 0 Å². The number of hydrogen-bond acceptors (Lipinski definition) is 7. The Morgan fingerprint density at radius 3 is 2.96 bits per heavy atom. The Kier molecular flexibility index (Phi) is 4.41. The third-order valence-electron chi connectivity index (χ3n) is 5.31. The molecule has 1 amide bonds. The molecule has 0 saturated carbocycles. The molecular weight excluding hydrogens is 394 g/mol. The van der Waals surface area contributed by atoms with E-state index in [9.17, 15) is 9.90 Å². The summed E-state index contributed by atoms with van der Waals surface area (Å²) in [4.78, 5) is 20.9. The van der Waals surface area contributed by atoms with E-state index in [1.54, 1.807) is 34.6 Å². The molecule has 1 saturated heterocycles. The Hall–Kier alpha value is -2.29. The molecule has 3 aromatic rings. The first-order chi connectivity index (χ1) is 13.6. The lowest BCUT2D eigenvalue weighted by Crippen LogP contribution is -2.30. The van der Waals surface area contributed by atoms with Gasteiger partial charge in [0, 0.05) is 24.2 Å². The molecule has 6 nitrogen and oxygen atoms in total. The van der Waals surface area contributed by atoms with Gasteiger partial charge in [0.1, 0.15) is 11.4 Å². The van der Waals surface area contributed by atoms with Crippen molar-refractivity contribution in [3.63, 3.8) is 0 Å². The molecule has 1 aliphatic heterocycles. The molecule has 1 fully saturated rings. The lowest BCUT2D eigenvalue weighted by Gasteiger charge is -2.15. The molecule has 28 heavy (non-hydrogen) atoms. The van der Waals surface area contributed by atoms with Gasteiger partial charge >= 0.3 is 0 Å². The summed E-state index contributed by atoms with van der Waals surface area (Å²) in [5.74, 6) is 0.459. The molecule has 0 bridgehead atoms. The molecule has 0 spiro atoms. The van der Waals surface area contributed by atoms with Gasteiger partial charge in [0.15, 0.2) is 5.06 Å². The van der Waals surface area contributed by atoms with E-state index in [1.165, 1.54) is 32.4 Å². The Balaban J connectivity index is 1.39. The van der Waals surface area contributed by atoms with Crippen molar-refractivity contribution in [3.05, 3.63) is 46.2 Å². The number of aryl methyl sites for hydroxylation is 2. The smallest absolute Gasteiger partial charge is 0.272 e. The van der Waals surface area contributed by atoms with Crippen molar-refractivity contribution in [1.82, 2.24) is 14.3 Å². The van der Waals surface area contributed by atoms with Gasteiger partial charge in [-0.1, -0.05) is 0 Å². The van der Waals surface area contributed by atoms with Crippen molar-refractivity contribution in [1.29, 1.82) is 0 Å². The standard InChI is InChI=1S/C20H19N3O3S2/c1-11-15-4-2-12-8-22-28-18(12)17(15)20(27-11)26-14-3-5-16(21-9-14)19(25)23-7-6-13(24)10-23/h3,5,8-9,13,24H,2,4,6-7,10H2,1H3/t13-/m1/s1. The summed E-state index contributed by atoms with van der Waals surface area (Å²) in [5, 5.41) is 10.5. The van der Waals surface area contributed by atoms with Crippen molar-refractivity contribution in [2.75, 3.05) is 13.1 Å². The molecule has 3 aromatic heterocycles. The number of carbonyl (C=O) groups excluding carboxylic acids is 1. The summed E-state index contributed by atoms with van der Waals surface area (Å²) >= 11 is 3.17. The number of ether oxygens (including phenoxy) is 1. The molecule has 0 aromatic carbocycles. The van der Waals surface area contributed by atoms with Crippen LogP contribution in [-0.2, 0) is 12.8 Å². The highest BCUT2D eigenvalue weighted by atomic mass is 32.1. The van der Waals surface area contributed by atoms with E-state index in [2.05, 4.69) is 16.3 Å². The van der Waals surface area contributed by atoms with Gasteiger partial charge in [-0.3, -0.25) is 4.79 Å². The zero-order chi connectivity index (χ0) is 19.3. The van der Waals surface area contributed by atoms with Crippen LogP contribution < -0.4 is 4.74 Å². The maximum atomic E-state index is 12.5. The molecule has 2 aliphatic rings. The van der Waals surface area contributed by atoms with Crippen molar-refractivity contribution < 1.29 is 14.6 Å². The van der Waals surface area contributed by atoms with E-state index in [1.807, 2.05) is 6.20 Å². The van der Waals surface area contributed by atoms with Crippen molar-refractivity contribution in [2.24, 2.45) is 0 Å². The van der Waals surface area contributed by atoms with Gasteiger partial charge in [-0.25, -0.2) is 9.36 Å². The van der Waals surface area contributed by atoms with E-state index in [-0.39, 0.29) is 5.91 Å². The maximum Gasteiger partial charge on any atom is 0.272 e. The fraction of sp³-hybridized carbons (Fsp3) is 0.350. The fourth-order valence-corrected chi connectivity index (χ4v) is 5.82. The number of hydrogen-bond donors (Lipinski definition) is 1. The predicted molar refractivity (Wildman–Crippen MR) is 108 cm³/mol. The molecule has 144 valence electrons. The van der Waals surface area contributed by atoms with Crippen molar-refractivity contribution in [3.8, 4) is 21.3 Å². The largest absolute Gasteiger partial charge is 0.444 e. The van der Waals surface area contributed by atoms with Crippen LogP contribution in [0, 0.1) is 6.92 Å². The number of β-amino-alcohol motifs (C(OH)–C–C–N with tert-alkyl or cyclic N) is 1. The molecule has 8 heteroatoms. The minimum absolute atomic E-state index is 0.151. The Labute approximate surface area is 170 Å². The molecule has 1 aliphatic carbocycles. The topological polar surface area (TPSA) is 75.5 Å². The molecule has 0 unspecified atom stereocenters. The highest BCUT2D eigenvalue weighted by molar-refractivity contribution is 7.15. The Bertz CT molecular complexity index is 1040. The molecular formula is C20H19N3O3S2. The third kappa shape index (κ3) is 3.01. The van der Waals surface area contributed by atoms with Crippen LogP contribution in [0.1, 0.15) is 32.9 Å². The number of pyridine rings is 1. The van der Waals surface area contributed by atoms with Gasteiger partial charge < -0.3 is 14.7 Å². The van der Waals surface area contributed by atoms with Gasteiger partial charge in [0.2, 0.25) is 0 Å². The van der Waals surface area contributed by atoms with Crippen LogP contribution in [0.4, 0.5) is 0 Å². The second kappa shape index (κ2) is 6.95. The van der Waals surface area contributed by atoms with Crippen LogP contribution in [0.15, 0.2) is 24.5 Å². The number of fused-ring (bicyclic) bond motifs is 3. The number of aliphatic hydroxyl groups excluding tert-OH is 1. The van der Waals surface area contributed by atoms with Gasteiger partial charge in [0.25, 0.3) is 5.91 Å². The lowest BCUT2D eigenvalue weighted by molar-refractivity contribution is 0.0759. The van der Waals surface area contributed by atoms with E-state index in [4.69, 9.17) is 4.74 Å². The second-order valence-electron chi connectivity index (χ2n) is 7.15. The van der Waals surface area contributed by atoms with Crippen molar-refractivity contribution >= 4 is 28.8 Å². The SMILES string of the molecule is Cc1sc(Oc2ccc(C(=O)N3CC[C@@H](O)C3)nc2)c2c1CCc1cnsc1-2. The molecule has 5 rings (SSSR count). The maximum absolute atomic E-state index is 12.5. The summed E-state index contributed by atoms with van der Waals surface area (Å²) in [6, 6.07) is 3.47. The van der Waals surface area contributed by atoms with Crippen LogP contribution in [0.2, 0.25) is 0 Å². The van der Waals surface area contributed by atoms with E-state index in [0.717, 1.165) is 23.5 Å². The number of rotatable bonds is 3. The van der Waals surface area contributed by atoms with E-state index < -0.39 is 6.10 Å². The zero-order valence-electron chi connectivity index (χ0n) is 15.3. The van der Waals surface area contributed by atoms with Crippen LogP contribution in [0.5, 0.6) is 10.8 Å². The number of aliphatic hydroxyl groups is 1. The van der Waals surface area contributed by atoms with Crippen LogP contribution in [0.25, 0.3) is 10.4 Å². The number of amides is 1. The number of carbonyl (C=O) groups is 1. The summed E-state index contributed by atoms with van der Waals surface area (Å²) < 4.78 is 10.5. The zero-order valence-corrected chi connectivity index (χ0v) is 17.0. The average Bonchev–Trinajstić information content (AvgIpc) is 3.41. The molecule has 0 radical (unpaired) electrons. The number of thiophene rings is 1. The van der Waals surface area contributed by atoms with Crippen LogP contribution in [-0.4, -0.2) is 44.5 Å². The van der Waals surface area contributed by atoms with Gasteiger partial charge in [0.05, 0.1) is 22.7 Å². The number of likely N-dealkylation sites (tertiary alicyclic amines) is 1. The highest BCUT2D eigenvalue weighted by Gasteiger charge is 2.28. The molecule has 1 atom stereocenters. The summed E-state index contributed by atoms with van der Waals surface area (Å²) in [5.41, 5.74) is 4.17. The highest BCUT2D eigenvalue weighted by Crippen LogP contribution is 2.49. The summed E-state index contributed by atoms with van der Waals surface area (Å²) in [6.45, 7) is 3.07. The second-order valence-corrected chi connectivity index (χ2v) is 9.14. The predicted octanol–water partition coefficient (Wildman–Crippen LogP) is 3.67. The Morgan fingerprint density at radius 1 is 1.32 bits per heavy atom. The molecule has 4 heterocycles. The Morgan fingerprint density at radius 2 is 2.21 bits per heavy atom. The fourth-order valence-electron chi connectivity index (χ4n) is 3.82. The number of aromatic nitrogens is 2.